The maximum atomic E-state index is 13.3. The van der Waals surface area contributed by atoms with E-state index in [1.807, 2.05) is 55.5 Å². The van der Waals surface area contributed by atoms with Crippen molar-refractivity contribution in [3.8, 4) is 11.5 Å². The van der Waals surface area contributed by atoms with Crippen LogP contribution in [-0.4, -0.2) is 42.0 Å². The van der Waals surface area contributed by atoms with E-state index in [9.17, 15) is 9.59 Å². The summed E-state index contributed by atoms with van der Waals surface area (Å²) < 4.78 is 11.3. The Balaban J connectivity index is 1.42. The number of carbonyl (C=O) groups excluding carboxylic acids is 2. The van der Waals surface area contributed by atoms with Gasteiger partial charge in [0.25, 0.3) is 0 Å². The average Bonchev–Trinajstić information content (AvgIpc) is 2.86. The fraction of sp³-hybridized carbons (Fsp3) is 0.481. The first-order valence-corrected chi connectivity index (χ1v) is 12.1. The van der Waals surface area contributed by atoms with Crippen LogP contribution < -0.4 is 14.8 Å². The normalized spacial score (nSPS) is 16.6. The molecule has 1 fully saturated rings. The smallest absolute Gasteiger partial charge is 0.242 e. The van der Waals surface area contributed by atoms with Gasteiger partial charge in [-0.25, -0.2) is 0 Å². The van der Waals surface area contributed by atoms with Crippen molar-refractivity contribution in [1.82, 2.24) is 10.2 Å². The summed E-state index contributed by atoms with van der Waals surface area (Å²) in [6.07, 6.45) is 6.50. The van der Waals surface area contributed by atoms with E-state index in [1.54, 1.807) is 4.90 Å². The van der Waals surface area contributed by atoms with Crippen LogP contribution in [0.1, 0.15) is 56.6 Å². The van der Waals surface area contributed by atoms with Crippen molar-refractivity contribution in [2.75, 3.05) is 13.2 Å². The Morgan fingerprint density at radius 1 is 0.970 bits per heavy atom. The number of amides is 2. The van der Waals surface area contributed by atoms with Crippen LogP contribution >= 0.6 is 0 Å². The molecule has 1 N–H and O–H groups in total. The van der Waals surface area contributed by atoms with E-state index in [2.05, 4.69) is 5.32 Å². The van der Waals surface area contributed by atoms with Gasteiger partial charge >= 0.3 is 0 Å². The first-order valence-electron chi connectivity index (χ1n) is 12.1. The predicted molar refractivity (Wildman–Crippen MR) is 127 cm³/mol. The summed E-state index contributed by atoms with van der Waals surface area (Å²) in [5.41, 5.74) is 2.04. The predicted octanol–water partition coefficient (Wildman–Crippen LogP) is 4.26. The lowest BCUT2D eigenvalue weighted by molar-refractivity contribution is -0.141. The third kappa shape index (κ3) is 6.28. The van der Waals surface area contributed by atoms with Gasteiger partial charge in [-0.2, -0.15) is 0 Å². The summed E-state index contributed by atoms with van der Waals surface area (Å²) in [6, 6.07) is 15.4. The molecule has 0 saturated heterocycles. The van der Waals surface area contributed by atoms with Crippen LogP contribution in [0.5, 0.6) is 11.5 Å². The van der Waals surface area contributed by atoms with Crippen LogP contribution in [0.4, 0.5) is 0 Å². The monoisotopic (exact) mass is 450 g/mol. The van der Waals surface area contributed by atoms with Gasteiger partial charge < -0.3 is 19.7 Å². The SMILES string of the molecule is CC(C(=O)NC1CCCCC1)N(Cc1ccccc1)C(=O)CCc1ccc2c(c1)OCCO2. The average molecular weight is 451 g/mol. The van der Waals surface area contributed by atoms with Gasteiger partial charge in [-0.05, 0) is 49.4 Å². The fourth-order valence-corrected chi connectivity index (χ4v) is 4.57. The Hall–Kier alpha value is -3.02. The minimum Gasteiger partial charge on any atom is -0.486 e. The minimum atomic E-state index is -0.528. The summed E-state index contributed by atoms with van der Waals surface area (Å²) in [5, 5.41) is 3.18. The van der Waals surface area contributed by atoms with Crippen molar-refractivity contribution in [1.29, 1.82) is 0 Å². The molecule has 2 aromatic carbocycles. The van der Waals surface area contributed by atoms with Gasteiger partial charge in [0.15, 0.2) is 11.5 Å². The first-order chi connectivity index (χ1) is 16.1. The Kier molecular flexibility index (Phi) is 7.87. The van der Waals surface area contributed by atoms with Crippen molar-refractivity contribution in [2.24, 2.45) is 0 Å². The molecule has 2 aromatic rings. The molecule has 1 aliphatic heterocycles. The molecule has 4 rings (SSSR count). The van der Waals surface area contributed by atoms with Gasteiger partial charge in [-0.15, -0.1) is 0 Å². The zero-order valence-corrected chi connectivity index (χ0v) is 19.4. The van der Waals surface area contributed by atoms with E-state index in [-0.39, 0.29) is 17.9 Å². The Morgan fingerprint density at radius 3 is 2.45 bits per heavy atom. The maximum Gasteiger partial charge on any atom is 0.242 e. The molecule has 0 spiro atoms. The van der Waals surface area contributed by atoms with E-state index < -0.39 is 6.04 Å². The van der Waals surface area contributed by atoms with Gasteiger partial charge in [0.1, 0.15) is 19.3 Å². The molecule has 176 valence electrons. The lowest BCUT2D eigenvalue weighted by atomic mass is 9.95. The molecule has 6 nitrogen and oxygen atoms in total. The number of aryl methyl sites for hydroxylation is 1. The molecular weight excluding hydrogens is 416 g/mol. The highest BCUT2D eigenvalue weighted by atomic mass is 16.6. The van der Waals surface area contributed by atoms with Crippen molar-refractivity contribution in [3.05, 3.63) is 59.7 Å². The molecule has 1 unspecified atom stereocenters. The van der Waals surface area contributed by atoms with Crippen LogP contribution in [0, 0.1) is 0 Å². The highest BCUT2D eigenvalue weighted by molar-refractivity contribution is 5.87. The molecule has 6 heteroatoms. The molecule has 1 atom stereocenters. The lowest BCUT2D eigenvalue weighted by Gasteiger charge is -2.31. The number of benzene rings is 2. The Morgan fingerprint density at radius 2 is 1.70 bits per heavy atom. The summed E-state index contributed by atoms with van der Waals surface area (Å²) >= 11 is 0. The number of hydrogen-bond acceptors (Lipinski definition) is 4. The highest BCUT2D eigenvalue weighted by Crippen LogP contribution is 2.31. The standard InChI is InChI=1S/C27H34N2O4/c1-20(27(31)28-23-10-6-3-7-11-23)29(19-22-8-4-2-5-9-22)26(30)15-13-21-12-14-24-25(18-21)33-17-16-32-24/h2,4-5,8-9,12,14,18,20,23H,3,6-7,10-11,13,15-17,19H2,1H3,(H,28,31). The maximum absolute atomic E-state index is 13.3. The number of ether oxygens (including phenoxy) is 2. The zero-order chi connectivity index (χ0) is 23.0. The molecule has 33 heavy (non-hydrogen) atoms. The van der Waals surface area contributed by atoms with Crippen LogP contribution in [-0.2, 0) is 22.6 Å². The molecule has 1 saturated carbocycles. The summed E-state index contributed by atoms with van der Waals surface area (Å²) in [7, 11) is 0. The molecule has 1 heterocycles. The molecule has 1 aliphatic carbocycles. The van der Waals surface area contributed by atoms with E-state index in [0.717, 1.165) is 48.3 Å². The second kappa shape index (κ2) is 11.2. The molecule has 0 bridgehead atoms. The number of rotatable bonds is 8. The molecule has 0 radical (unpaired) electrons. The molecule has 2 amide bonds. The van der Waals surface area contributed by atoms with Gasteiger partial charge in [-0.3, -0.25) is 9.59 Å². The van der Waals surface area contributed by atoms with Crippen molar-refractivity contribution < 1.29 is 19.1 Å². The summed E-state index contributed by atoms with van der Waals surface area (Å²) in [5.74, 6) is 1.38. The van der Waals surface area contributed by atoms with Crippen molar-refractivity contribution in [3.63, 3.8) is 0 Å². The van der Waals surface area contributed by atoms with Crippen molar-refractivity contribution >= 4 is 11.8 Å². The van der Waals surface area contributed by atoms with Crippen LogP contribution in [0.2, 0.25) is 0 Å². The van der Waals surface area contributed by atoms with E-state index in [0.29, 0.717) is 32.6 Å². The zero-order valence-electron chi connectivity index (χ0n) is 19.4. The topological polar surface area (TPSA) is 67.9 Å². The van der Waals surface area contributed by atoms with Gasteiger partial charge in [-0.1, -0.05) is 55.7 Å². The van der Waals surface area contributed by atoms with E-state index >= 15 is 0 Å². The Labute approximate surface area is 196 Å². The van der Waals surface area contributed by atoms with Gasteiger partial charge in [0, 0.05) is 19.0 Å². The summed E-state index contributed by atoms with van der Waals surface area (Å²) in [6.45, 7) is 3.34. The fourth-order valence-electron chi connectivity index (χ4n) is 4.57. The number of hydrogen-bond donors (Lipinski definition) is 1. The summed E-state index contributed by atoms with van der Waals surface area (Å²) in [4.78, 5) is 28.1. The second-order valence-corrected chi connectivity index (χ2v) is 9.00. The number of fused-ring (bicyclic) bond motifs is 1. The second-order valence-electron chi connectivity index (χ2n) is 9.00. The Bertz CT molecular complexity index is 940. The minimum absolute atomic E-state index is 0.0277. The lowest BCUT2D eigenvalue weighted by Crippen LogP contribution is -2.50. The molecule has 0 aromatic heterocycles. The van der Waals surface area contributed by atoms with Crippen molar-refractivity contribution in [2.45, 2.75) is 70.5 Å². The number of nitrogens with zero attached hydrogens (tertiary/aromatic N) is 1. The van der Waals surface area contributed by atoms with Crippen LogP contribution in [0.25, 0.3) is 0 Å². The third-order valence-corrected chi connectivity index (χ3v) is 6.55. The van der Waals surface area contributed by atoms with Gasteiger partial charge in [0.05, 0.1) is 0 Å². The molecular formula is C27H34N2O4. The number of carbonyl (C=O) groups is 2. The first kappa shape index (κ1) is 23.1. The van der Waals surface area contributed by atoms with Crippen LogP contribution in [0.3, 0.4) is 0 Å². The largest absolute Gasteiger partial charge is 0.486 e. The number of nitrogens with one attached hydrogen (secondary N) is 1. The quantitative estimate of drug-likeness (QED) is 0.653. The van der Waals surface area contributed by atoms with E-state index in [1.165, 1.54) is 6.42 Å². The van der Waals surface area contributed by atoms with Crippen LogP contribution in [0.15, 0.2) is 48.5 Å². The third-order valence-electron chi connectivity index (χ3n) is 6.55. The highest BCUT2D eigenvalue weighted by Gasteiger charge is 2.28. The molecule has 2 aliphatic rings. The van der Waals surface area contributed by atoms with E-state index in [4.69, 9.17) is 9.47 Å². The van der Waals surface area contributed by atoms with Gasteiger partial charge in [0.2, 0.25) is 11.8 Å².